The second-order valence-corrected chi connectivity index (χ2v) is 5.97. The van der Waals surface area contributed by atoms with Gasteiger partial charge in [-0.3, -0.25) is 9.59 Å². The van der Waals surface area contributed by atoms with Gasteiger partial charge in [-0.05, 0) is 12.5 Å². The molecule has 0 saturated carbocycles. The lowest BCUT2D eigenvalue weighted by atomic mass is 10.2. The standard InChI is InChI=1S/C16H14N2O6/c19-12-4-13(24-14(20)5-12)16(22)18-7-10-3-11(18)6-17(10)15(21)9-1-2-23-8-9/h1-2,4-5,8,10-11,19H,3,6-7H2/t10-,11-/m0/s1. The topological polar surface area (TPSA) is 104 Å². The van der Waals surface area contributed by atoms with E-state index in [1.165, 1.54) is 12.5 Å². The number of carbonyl (C=O) groups excluding carboxylic acids is 2. The highest BCUT2D eigenvalue weighted by atomic mass is 16.4. The van der Waals surface area contributed by atoms with Gasteiger partial charge in [-0.2, -0.15) is 0 Å². The fourth-order valence-corrected chi connectivity index (χ4v) is 3.43. The van der Waals surface area contributed by atoms with Crippen molar-refractivity contribution in [1.82, 2.24) is 9.80 Å². The van der Waals surface area contributed by atoms with Gasteiger partial charge >= 0.3 is 5.63 Å². The molecule has 2 amide bonds. The maximum atomic E-state index is 12.5. The van der Waals surface area contributed by atoms with E-state index in [1.807, 2.05) is 0 Å². The predicted octanol–water partition coefficient (Wildman–Crippen LogP) is 0.677. The molecule has 124 valence electrons. The largest absolute Gasteiger partial charge is 0.508 e. The molecule has 1 N–H and O–H groups in total. The molecule has 8 nitrogen and oxygen atoms in total. The minimum Gasteiger partial charge on any atom is -0.508 e. The van der Waals surface area contributed by atoms with E-state index >= 15 is 0 Å². The molecule has 2 aromatic heterocycles. The van der Waals surface area contributed by atoms with Gasteiger partial charge in [0.1, 0.15) is 12.0 Å². The summed E-state index contributed by atoms with van der Waals surface area (Å²) in [6, 6.07) is 3.43. The van der Waals surface area contributed by atoms with Gasteiger partial charge < -0.3 is 23.7 Å². The predicted molar refractivity (Wildman–Crippen MR) is 79.6 cm³/mol. The van der Waals surface area contributed by atoms with E-state index in [0.29, 0.717) is 25.1 Å². The number of likely N-dealkylation sites (tertiary alicyclic amines) is 2. The smallest absolute Gasteiger partial charge is 0.340 e. The van der Waals surface area contributed by atoms with Gasteiger partial charge in [0, 0.05) is 19.2 Å². The van der Waals surface area contributed by atoms with Gasteiger partial charge in [0.15, 0.2) is 5.76 Å². The van der Waals surface area contributed by atoms with E-state index in [9.17, 15) is 19.5 Å². The fraction of sp³-hybridized carbons (Fsp3) is 0.312. The molecule has 0 aromatic carbocycles. The van der Waals surface area contributed by atoms with Crippen molar-refractivity contribution in [1.29, 1.82) is 0 Å². The highest BCUT2D eigenvalue weighted by Crippen LogP contribution is 2.33. The van der Waals surface area contributed by atoms with Crippen molar-refractivity contribution in [2.75, 3.05) is 13.1 Å². The van der Waals surface area contributed by atoms with Gasteiger partial charge in [0.05, 0.1) is 30.0 Å². The van der Waals surface area contributed by atoms with E-state index in [-0.39, 0.29) is 29.5 Å². The molecule has 2 atom stereocenters. The summed E-state index contributed by atoms with van der Waals surface area (Å²) in [5.41, 5.74) is -0.293. The van der Waals surface area contributed by atoms with Crippen molar-refractivity contribution in [3.63, 3.8) is 0 Å². The van der Waals surface area contributed by atoms with Crippen LogP contribution in [-0.4, -0.2) is 51.9 Å². The number of fused-ring (bicyclic) bond motifs is 2. The Kier molecular flexibility index (Phi) is 3.19. The molecule has 2 aliphatic rings. The van der Waals surface area contributed by atoms with Crippen LogP contribution < -0.4 is 5.63 Å². The lowest BCUT2D eigenvalue weighted by molar-refractivity contribution is 0.0505. The zero-order valence-electron chi connectivity index (χ0n) is 12.5. The van der Waals surface area contributed by atoms with Crippen molar-refractivity contribution in [3.8, 4) is 5.75 Å². The third kappa shape index (κ3) is 2.27. The third-order valence-electron chi connectivity index (χ3n) is 4.50. The second kappa shape index (κ2) is 5.26. The number of hydrogen-bond donors (Lipinski definition) is 1. The van der Waals surface area contributed by atoms with Crippen LogP contribution >= 0.6 is 0 Å². The molecular weight excluding hydrogens is 316 g/mol. The second-order valence-electron chi connectivity index (χ2n) is 5.97. The van der Waals surface area contributed by atoms with Crippen LogP contribution in [0.25, 0.3) is 0 Å². The summed E-state index contributed by atoms with van der Waals surface area (Å²) in [5, 5.41) is 9.45. The Labute approximate surface area is 135 Å². The Morgan fingerprint density at radius 1 is 1.12 bits per heavy atom. The minimum atomic E-state index is -0.778. The number of aromatic hydroxyl groups is 1. The molecule has 0 spiro atoms. The Morgan fingerprint density at radius 3 is 2.42 bits per heavy atom. The van der Waals surface area contributed by atoms with E-state index in [0.717, 1.165) is 12.1 Å². The first-order valence-electron chi connectivity index (χ1n) is 7.51. The maximum Gasteiger partial charge on any atom is 0.340 e. The number of piperazine rings is 1. The van der Waals surface area contributed by atoms with Gasteiger partial charge in [-0.25, -0.2) is 4.79 Å². The van der Waals surface area contributed by atoms with Crippen molar-refractivity contribution >= 4 is 11.8 Å². The van der Waals surface area contributed by atoms with E-state index in [1.54, 1.807) is 15.9 Å². The van der Waals surface area contributed by atoms with E-state index < -0.39 is 11.5 Å². The number of nitrogens with zero attached hydrogens (tertiary/aromatic N) is 2. The molecule has 2 aliphatic heterocycles. The molecule has 0 radical (unpaired) electrons. The van der Waals surface area contributed by atoms with Crippen LogP contribution in [0.4, 0.5) is 0 Å². The summed E-state index contributed by atoms with van der Waals surface area (Å²) in [5.74, 6) is -1.07. The van der Waals surface area contributed by atoms with E-state index in [4.69, 9.17) is 8.83 Å². The molecule has 0 aliphatic carbocycles. The SMILES string of the molecule is O=C(c1ccoc1)N1C[C@@H]2C[C@H]1CN2C(=O)c1cc(O)cc(=O)o1. The molecule has 2 aromatic rings. The summed E-state index contributed by atoms with van der Waals surface area (Å²) in [6.07, 6.45) is 3.53. The average molecular weight is 330 g/mol. The molecular formula is C16H14N2O6. The average Bonchev–Trinajstić information content (AvgIpc) is 3.28. The highest BCUT2D eigenvalue weighted by Gasteiger charge is 2.47. The number of hydrogen-bond acceptors (Lipinski definition) is 6. The van der Waals surface area contributed by atoms with Gasteiger partial charge in [-0.1, -0.05) is 0 Å². The van der Waals surface area contributed by atoms with Crippen molar-refractivity contribution in [3.05, 3.63) is 52.5 Å². The molecule has 2 fully saturated rings. The Balaban J connectivity index is 1.51. The first-order chi connectivity index (χ1) is 11.5. The van der Waals surface area contributed by atoms with Crippen LogP contribution in [-0.2, 0) is 0 Å². The first kappa shape index (κ1) is 14.6. The van der Waals surface area contributed by atoms with Crippen LogP contribution in [0.5, 0.6) is 5.75 Å². The monoisotopic (exact) mass is 330 g/mol. The summed E-state index contributed by atoms with van der Waals surface area (Å²) < 4.78 is 9.81. The van der Waals surface area contributed by atoms with Crippen LogP contribution in [0, 0.1) is 0 Å². The molecule has 4 rings (SSSR count). The normalized spacial score (nSPS) is 22.2. The molecule has 2 saturated heterocycles. The molecule has 0 unspecified atom stereocenters. The van der Waals surface area contributed by atoms with Crippen molar-refractivity contribution in [2.24, 2.45) is 0 Å². The zero-order valence-corrected chi connectivity index (χ0v) is 12.5. The summed E-state index contributed by atoms with van der Waals surface area (Å²) in [6.45, 7) is 0.788. The van der Waals surface area contributed by atoms with E-state index in [2.05, 4.69) is 0 Å². The quantitative estimate of drug-likeness (QED) is 0.868. The fourth-order valence-electron chi connectivity index (χ4n) is 3.43. The Bertz CT molecular complexity index is 856. The van der Waals surface area contributed by atoms with Gasteiger partial charge in [-0.15, -0.1) is 0 Å². The van der Waals surface area contributed by atoms with Gasteiger partial charge in [0.25, 0.3) is 11.8 Å². The molecule has 2 bridgehead atoms. The molecule has 24 heavy (non-hydrogen) atoms. The van der Waals surface area contributed by atoms with Crippen molar-refractivity contribution < 1.29 is 23.5 Å². The number of rotatable bonds is 2. The number of amides is 2. The van der Waals surface area contributed by atoms with Crippen LogP contribution in [0.3, 0.4) is 0 Å². The molecule has 4 heterocycles. The first-order valence-corrected chi connectivity index (χ1v) is 7.51. The van der Waals surface area contributed by atoms with Crippen molar-refractivity contribution in [2.45, 2.75) is 18.5 Å². The summed E-state index contributed by atoms with van der Waals surface area (Å²) in [4.78, 5) is 39.5. The Morgan fingerprint density at radius 2 is 1.83 bits per heavy atom. The minimum absolute atomic E-state index is 0.0784. The summed E-state index contributed by atoms with van der Waals surface area (Å²) in [7, 11) is 0. The van der Waals surface area contributed by atoms with Crippen LogP contribution in [0.15, 0.2) is 44.4 Å². The Hall–Kier alpha value is -3.03. The van der Waals surface area contributed by atoms with Crippen LogP contribution in [0.1, 0.15) is 27.3 Å². The van der Waals surface area contributed by atoms with Gasteiger partial charge in [0.2, 0.25) is 0 Å². The highest BCUT2D eigenvalue weighted by molar-refractivity contribution is 5.95. The molecule has 8 heteroatoms. The zero-order chi connectivity index (χ0) is 16.8. The number of furan rings is 1. The number of carbonyl (C=O) groups is 2. The maximum absolute atomic E-state index is 12.5. The summed E-state index contributed by atoms with van der Waals surface area (Å²) >= 11 is 0. The third-order valence-corrected chi connectivity index (χ3v) is 4.50. The lowest BCUT2D eigenvalue weighted by Crippen LogP contribution is -2.50. The lowest BCUT2D eigenvalue weighted by Gasteiger charge is -2.33. The van der Waals surface area contributed by atoms with Crippen LogP contribution in [0.2, 0.25) is 0 Å².